The maximum absolute atomic E-state index is 5.61. The number of pyridine rings is 4. The molecule has 0 unspecified atom stereocenters. The van der Waals surface area contributed by atoms with Crippen LogP contribution in [0.15, 0.2) is 242 Å². The Bertz CT molecular complexity index is 3610. The van der Waals surface area contributed by atoms with E-state index >= 15 is 0 Å². The fraction of sp³-hybridized carbons (Fsp3) is 0. The van der Waals surface area contributed by atoms with Crippen molar-refractivity contribution < 1.29 is 84.8 Å². The smallest absolute Gasteiger partial charge is 0.155 e. The number of hydrogen-bond donors (Lipinski definition) is 0. The van der Waals surface area contributed by atoms with Crippen LogP contribution in [0.3, 0.4) is 0 Å². The van der Waals surface area contributed by atoms with E-state index in [1.165, 1.54) is 16.2 Å². The Kier molecular flexibility index (Phi) is 20.6. The van der Waals surface area contributed by atoms with Crippen molar-refractivity contribution in [2.75, 3.05) is 0 Å². The van der Waals surface area contributed by atoms with E-state index < -0.39 is 0 Å². The number of nitrogens with zero attached hydrogens (tertiary/aromatic N) is 7. The summed E-state index contributed by atoms with van der Waals surface area (Å²) in [7, 11) is 0. The molecule has 0 aliphatic heterocycles. The number of oxazole rings is 1. The SMILES string of the molecule is [Ir].[Ir].[Ir].[Ir].[c-]1c(-c2ccccn2)c2ccccc2c2ccccc12.[c-]1ccccc1-c1nc2ccccc2o1.[c-]1ccccc1-c1nc2cccnc2n1-c1ccccc1.[c-]1cnccc1-c1ccccn1. The van der Waals surface area contributed by atoms with E-state index in [4.69, 9.17) is 9.40 Å². The molecule has 0 amide bonds. The number of imidazole rings is 1. The Balaban J connectivity index is 0.000000157. The summed E-state index contributed by atoms with van der Waals surface area (Å²) >= 11 is 0. The quantitative estimate of drug-likeness (QED) is 0.125. The molecule has 13 aromatic rings. The summed E-state index contributed by atoms with van der Waals surface area (Å²) in [6.07, 6.45) is 8.77. The molecule has 0 spiro atoms. The molecule has 0 fully saturated rings. The van der Waals surface area contributed by atoms with Crippen LogP contribution in [-0.2, 0) is 80.4 Å². The summed E-state index contributed by atoms with van der Waals surface area (Å²) in [5, 5.41) is 4.82. The van der Waals surface area contributed by atoms with Crippen molar-refractivity contribution in [3.63, 3.8) is 0 Å². The molecule has 8 nitrogen and oxygen atoms in total. The largest absolute Gasteiger partial charge is 0.481 e. The van der Waals surface area contributed by atoms with Crippen molar-refractivity contribution in [1.82, 2.24) is 34.5 Å². The summed E-state index contributed by atoms with van der Waals surface area (Å²) in [6, 6.07) is 80.7. The Morgan fingerprint density at radius 3 is 1.71 bits per heavy atom. The van der Waals surface area contributed by atoms with Gasteiger partial charge in [0.05, 0.1) is 16.9 Å². The first-order valence-corrected chi connectivity index (χ1v) is 21.9. The molecule has 0 aliphatic carbocycles. The van der Waals surface area contributed by atoms with Gasteiger partial charge >= 0.3 is 0 Å². The van der Waals surface area contributed by atoms with E-state index in [0.717, 1.165) is 72.8 Å². The molecule has 0 aliphatic rings. The third-order valence-electron chi connectivity index (χ3n) is 10.8. The molecule has 4 radical (unpaired) electrons. The molecule has 0 N–H and O–H groups in total. The first-order valence-electron chi connectivity index (χ1n) is 21.9. The summed E-state index contributed by atoms with van der Waals surface area (Å²) < 4.78 is 7.68. The van der Waals surface area contributed by atoms with Crippen molar-refractivity contribution in [3.8, 4) is 51.0 Å². The second-order valence-electron chi connectivity index (χ2n) is 15.2. The number of fused-ring (bicyclic) bond motifs is 5. The van der Waals surface area contributed by atoms with E-state index in [0.29, 0.717) is 5.89 Å². The predicted molar refractivity (Wildman–Crippen MR) is 271 cm³/mol. The summed E-state index contributed by atoms with van der Waals surface area (Å²) in [5.74, 6) is 1.48. The molecule has 360 valence electrons. The van der Waals surface area contributed by atoms with Crippen molar-refractivity contribution in [2.24, 2.45) is 0 Å². The predicted octanol–water partition coefficient (Wildman–Crippen LogP) is 14.0. The van der Waals surface area contributed by atoms with Gasteiger partial charge in [-0.25, -0.2) is 4.98 Å². The Labute approximate surface area is 471 Å². The van der Waals surface area contributed by atoms with Gasteiger partial charge < -0.3 is 14.0 Å². The van der Waals surface area contributed by atoms with Gasteiger partial charge in [-0.3, -0.25) is 19.9 Å². The van der Waals surface area contributed by atoms with Gasteiger partial charge in [-0.15, -0.1) is 89.8 Å². The Morgan fingerprint density at radius 1 is 0.417 bits per heavy atom. The zero-order chi connectivity index (χ0) is 45.7. The number of rotatable bonds is 5. The molecule has 7 aromatic carbocycles. The molecule has 0 atom stereocenters. The van der Waals surface area contributed by atoms with Crippen molar-refractivity contribution in [3.05, 3.63) is 262 Å². The van der Waals surface area contributed by atoms with E-state index in [-0.39, 0.29) is 80.4 Å². The number of para-hydroxylation sites is 3. The molecular formula is C60H39Ir4N7O-4. The van der Waals surface area contributed by atoms with Crippen LogP contribution in [0, 0.1) is 24.3 Å². The standard InChI is InChI=1S/C19H12N.C18H12N3.C13H8NO.C10H7N2.4Ir/c1-2-8-15-14(7-1)13-18(19-11-5-6-12-20-19)17-10-4-3-9-16(15)17;1-3-8-14(9-4-1)17-20-16-12-7-13-19-18(16)21(17)15-10-5-2-6-11-15;1-2-6-10(7-3-1)13-14-11-8-4-5-9-12(11)15-13;1-2-6-12-10(3-1)9-4-7-11-8-5-9;;;;/h1-12H;1-8,10-13H;1-6,8-9H;1-4,6-8H;;;;/q4*-1;;;;. The molecular weight excluding hydrogens is 1600 g/mol. The number of aromatic nitrogens is 7. The second-order valence-corrected chi connectivity index (χ2v) is 15.2. The van der Waals surface area contributed by atoms with Crippen molar-refractivity contribution in [1.29, 1.82) is 0 Å². The van der Waals surface area contributed by atoms with Crippen LogP contribution in [0.1, 0.15) is 0 Å². The molecule has 6 aromatic heterocycles. The zero-order valence-corrected chi connectivity index (χ0v) is 47.5. The van der Waals surface area contributed by atoms with E-state index in [1.54, 1.807) is 24.8 Å². The van der Waals surface area contributed by atoms with Crippen LogP contribution in [0.2, 0.25) is 0 Å². The second kappa shape index (κ2) is 27.1. The minimum atomic E-state index is 0. The third-order valence-corrected chi connectivity index (χ3v) is 10.8. The molecule has 72 heavy (non-hydrogen) atoms. The fourth-order valence-corrected chi connectivity index (χ4v) is 7.64. The van der Waals surface area contributed by atoms with Crippen LogP contribution in [-0.4, -0.2) is 34.5 Å². The van der Waals surface area contributed by atoms with Gasteiger partial charge in [0.2, 0.25) is 0 Å². The van der Waals surface area contributed by atoms with E-state index in [1.807, 2.05) is 152 Å². The number of hydrogen-bond acceptors (Lipinski definition) is 7. The normalized spacial score (nSPS) is 10.1. The van der Waals surface area contributed by atoms with E-state index in [9.17, 15) is 0 Å². The van der Waals surface area contributed by atoms with E-state index in [2.05, 4.69) is 114 Å². The van der Waals surface area contributed by atoms with Gasteiger partial charge in [0.15, 0.2) is 5.65 Å². The van der Waals surface area contributed by atoms with Crippen molar-refractivity contribution in [2.45, 2.75) is 0 Å². The Morgan fingerprint density at radius 2 is 1.03 bits per heavy atom. The summed E-state index contributed by atoms with van der Waals surface area (Å²) in [4.78, 5) is 26.2. The van der Waals surface area contributed by atoms with Crippen LogP contribution < -0.4 is 0 Å². The molecule has 13 rings (SSSR count). The third kappa shape index (κ3) is 13.0. The summed E-state index contributed by atoms with van der Waals surface area (Å²) in [6.45, 7) is 0. The maximum atomic E-state index is 5.61. The first kappa shape index (κ1) is 54.5. The zero-order valence-electron chi connectivity index (χ0n) is 37.9. The minimum absolute atomic E-state index is 0. The minimum Gasteiger partial charge on any atom is -0.481 e. The molecule has 6 heterocycles. The van der Waals surface area contributed by atoms with Gasteiger partial charge in [0, 0.05) is 110 Å². The van der Waals surface area contributed by atoms with Gasteiger partial charge in [-0.05, 0) is 66.6 Å². The average molecular weight is 1640 g/mol. The van der Waals surface area contributed by atoms with Crippen LogP contribution >= 0.6 is 0 Å². The number of benzene rings is 7. The van der Waals surface area contributed by atoms with Gasteiger partial charge in [-0.2, -0.15) is 11.6 Å². The maximum Gasteiger partial charge on any atom is 0.155 e. The van der Waals surface area contributed by atoms with Crippen molar-refractivity contribution >= 4 is 43.8 Å². The molecule has 0 bridgehead atoms. The summed E-state index contributed by atoms with van der Waals surface area (Å²) in [5.41, 5.74) is 10.3. The molecule has 12 heteroatoms. The van der Waals surface area contributed by atoms with Gasteiger partial charge in [0.1, 0.15) is 11.5 Å². The fourth-order valence-electron chi connectivity index (χ4n) is 7.64. The average Bonchev–Trinajstić information content (AvgIpc) is 4.06. The van der Waals surface area contributed by atoms with Gasteiger partial charge in [-0.1, -0.05) is 124 Å². The van der Waals surface area contributed by atoms with Crippen LogP contribution in [0.4, 0.5) is 0 Å². The monoisotopic (exact) mass is 1650 g/mol. The topological polar surface area (TPSA) is 95.4 Å². The van der Waals surface area contributed by atoms with Gasteiger partial charge in [0.25, 0.3) is 0 Å². The first-order chi connectivity index (χ1) is 33.8. The van der Waals surface area contributed by atoms with Crippen LogP contribution in [0.25, 0.3) is 94.9 Å². The molecule has 0 saturated heterocycles. The van der Waals surface area contributed by atoms with Crippen LogP contribution in [0.5, 0.6) is 0 Å². The molecule has 0 saturated carbocycles. The Hall–Kier alpha value is -6.80.